The average Bonchev–Trinajstić information content (AvgIpc) is 2.96. The number of esters is 1. The van der Waals surface area contributed by atoms with Crippen LogP contribution in [0.25, 0.3) is 0 Å². The molecule has 27 heavy (non-hydrogen) atoms. The third-order valence-corrected chi connectivity index (χ3v) is 5.95. The van der Waals surface area contributed by atoms with Gasteiger partial charge in [-0.3, -0.25) is 0 Å². The smallest absolute Gasteiger partial charge is 0.456 e. The molecule has 3 atom stereocenters. The van der Waals surface area contributed by atoms with Gasteiger partial charge in [-0.1, -0.05) is 6.58 Å². The maximum atomic E-state index is 12.3. The van der Waals surface area contributed by atoms with Gasteiger partial charge in [0.25, 0.3) is 0 Å². The standard InChI is InChI=1S/C19H24O8/c1-11(2)15(20)26-18-4-12-3-13(5-18)7-19(6-12,10-18)27-17(22)24-9-14-8-23-16(21)25-14/h12-14H,1,3-10H2,2H3. The van der Waals surface area contributed by atoms with Crippen LogP contribution in [0.1, 0.15) is 45.4 Å². The summed E-state index contributed by atoms with van der Waals surface area (Å²) in [4.78, 5) is 35.3. The second-order valence-electron chi connectivity index (χ2n) is 8.46. The van der Waals surface area contributed by atoms with Crippen LogP contribution in [0.4, 0.5) is 9.59 Å². The summed E-state index contributed by atoms with van der Waals surface area (Å²) in [5.41, 5.74) is -0.886. The Balaban J connectivity index is 1.40. The van der Waals surface area contributed by atoms with Crippen molar-refractivity contribution in [3.63, 3.8) is 0 Å². The fourth-order valence-corrected chi connectivity index (χ4v) is 5.43. The number of rotatable bonds is 5. The van der Waals surface area contributed by atoms with Crippen LogP contribution in [0.3, 0.4) is 0 Å². The molecule has 5 fully saturated rings. The number of cyclic esters (lactones) is 2. The van der Waals surface area contributed by atoms with E-state index in [0.29, 0.717) is 23.8 Å². The Labute approximate surface area is 157 Å². The van der Waals surface area contributed by atoms with Gasteiger partial charge in [-0.05, 0) is 50.9 Å². The van der Waals surface area contributed by atoms with Crippen LogP contribution in [0.2, 0.25) is 0 Å². The van der Waals surface area contributed by atoms with Gasteiger partial charge >= 0.3 is 18.3 Å². The molecule has 8 nitrogen and oxygen atoms in total. The Bertz CT molecular complexity index is 669. The molecule has 0 aromatic heterocycles. The van der Waals surface area contributed by atoms with Crippen molar-refractivity contribution >= 4 is 18.3 Å². The second-order valence-corrected chi connectivity index (χ2v) is 8.46. The molecule has 1 heterocycles. The van der Waals surface area contributed by atoms with Gasteiger partial charge < -0.3 is 23.7 Å². The summed E-state index contributed by atoms with van der Waals surface area (Å²) >= 11 is 0. The van der Waals surface area contributed by atoms with Crippen molar-refractivity contribution in [3.8, 4) is 0 Å². The average molecular weight is 380 g/mol. The largest absolute Gasteiger partial charge is 0.508 e. The van der Waals surface area contributed by atoms with Gasteiger partial charge in [0.2, 0.25) is 0 Å². The molecule has 0 radical (unpaired) electrons. The highest BCUT2D eigenvalue weighted by molar-refractivity contribution is 5.87. The summed E-state index contributed by atoms with van der Waals surface area (Å²) in [5, 5.41) is 0. The van der Waals surface area contributed by atoms with Crippen molar-refractivity contribution in [3.05, 3.63) is 12.2 Å². The summed E-state index contributed by atoms with van der Waals surface area (Å²) in [7, 11) is 0. The van der Waals surface area contributed by atoms with Crippen LogP contribution < -0.4 is 0 Å². The van der Waals surface area contributed by atoms with Crippen LogP contribution in [0.5, 0.6) is 0 Å². The first-order chi connectivity index (χ1) is 12.8. The van der Waals surface area contributed by atoms with E-state index in [2.05, 4.69) is 11.3 Å². The van der Waals surface area contributed by atoms with Gasteiger partial charge in [-0.15, -0.1) is 0 Å². The van der Waals surface area contributed by atoms with Gasteiger partial charge in [-0.25, -0.2) is 14.4 Å². The Hall–Kier alpha value is -2.25. The zero-order valence-corrected chi connectivity index (χ0v) is 15.4. The first kappa shape index (κ1) is 18.1. The molecule has 1 aliphatic heterocycles. The summed E-state index contributed by atoms with van der Waals surface area (Å²) in [5.74, 6) is 0.333. The highest BCUT2D eigenvalue weighted by Crippen LogP contribution is 2.60. The van der Waals surface area contributed by atoms with E-state index in [9.17, 15) is 14.4 Å². The fourth-order valence-electron chi connectivity index (χ4n) is 5.43. The summed E-state index contributed by atoms with van der Waals surface area (Å²) < 4.78 is 26.2. The fraction of sp³-hybridized carbons (Fsp3) is 0.737. The maximum Gasteiger partial charge on any atom is 0.508 e. The van der Waals surface area contributed by atoms with E-state index in [1.54, 1.807) is 6.92 Å². The molecule has 148 valence electrons. The van der Waals surface area contributed by atoms with Crippen molar-refractivity contribution in [2.45, 2.75) is 62.8 Å². The first-order valence-corrected chi connectivity index (χ1v) is 9.35. The Morgan fingerprint density at radius 3 is 2.33 bits per heavy atom. The van der Waals surface area contributed by atoms with E-state index < -0.39 is 35.6 Å². The third kappa shape index (κ3) is 3.61. The van der Waals surface area contributed by atoms with Crippen LogP contribution in [-0.4, -0.2) is 48.8 Å². The van der Waals surface area contributed by atoms with Crippen molar-refractivity contribution in [1.29, 1.82) is 0 Å². The Morgan fingerprint density at radius 2 is 1.78 bits per heavy atom. The molecule has 0 aromatic rings. The molecule has 0 amide bonds. The molecule has 4 bridgehead atoms. The molecule has 8 heteroatoms. The molecule has 5 rings (SSSR count). The van der Waals surface area contributed by atoms with Gasteiger partial charge in [0, 0.05) is 12.0 Å². The molecule has 0 N–H and O–H groups in total. The van der Waals surface area contributed by atoms with Gasteiger partial charge in [0.05, 0.1) is 0 Å². The van der Waals surface area contributed by atoms with Crippen molar-refractivity contribution in [2.24, 2.45) is 11.8 Å². The van der Waals surface area contributed by atoms with E-state index in [1.165, 1.54) is 0 Å². The van der Waals surface area contributed by atoms with E-state index in [4.69, 9.17) is 18.9 Å². The summed E-state index contributed by atoms with van der Waals surface area (Å²) in [6.07, 6.45) is 2.52. The Morgan fingerprint density at radius 1 is 1.15 bits per heavy atom. The highest BCUT2D eigenvalue weighted by atomic mass is 16.8. The van der Waals surface area contributed by atoms with E-state index in [1.807, 2.05) is 0 Å². The van der Waals surface area contributed by atoms with Gasteiger partial charge in [-0.2, -0.15) is 0 Å². The van der Waals surface area contributed by atoms with E-state index in [0.717, 1.165) is 32.1 Å². The molecular formula is C19H24O8. The quantitative estimate of drug-likeness (QED) is 0.408. The lowest BCUT2D eigenvalue weighted by atomic mass is 9.52. The molecule has 5 aliphatic rings. The number of carbonyl (C=O) groups is 3. The zero-order chi connectivity index (χ0) is 19.2. The monoisotopic (exact) mass is 380 g/mol. The minimum atomic E-state index is -0.790. The third-order valence-electron chi connectivity index (χ3n) is 5.95. The van der Waals surface area contributed by atoms with Crippen molar-refractivity contribution in [1.82, 2.24) is 0 Å². The van der Waals surface area contributed by atoms with Crippen LogP contribution in [-0.2, 0) is 28.5 Å². The lowest BCUT2D eigenvalue weighted by Gasteiger charge is -2.59. The number of ether oxygens (including phenoxy) is 5. The molecule has 4 saturated carbocycles. The number of carbonyl (C=O) groups excluding carboxylic acids is 3. The number of hydrogen-bond donors (Lipinski definition) is 0. The SMILES string of the molecule is C=C(C)C(=O)OC12CC3CC(CC(OC(=O)OCC4COC(=O)O4)(C3)C1)C2. The lowest BCUT2D eigenvalue weighted by molar-refractivity contribution is -0.221. The van der Waals surface area contributed by atoms with Crippen molar-refractivity contribution < 1.29 is 38.1 Å². The molecule has 0 aromatic carbocycles. The second kappa shape index (κ2) is 6.42. The van der Waals surface area contributed by atoms with Crippen LogP contribution >= 0.6 is 0 Å². The van der Waals surface area contributed by atoms with Crippen LogP contribution in [0.15, 0.2) is 12.2 Å². The van der Waals surface area contributed by atoms with E-state index in [-0.39, 0.29) is 13.2 Å². The lowest BCUT2D eigenvalue weighted by Crippen LogP contribution is -2.61. The first-order valence-electron chi connectivity index (χ1n) is 9.35. The van der Waals surface area contributed by atoms with Gasteiger partial charge in [0.15, 0.2) is 6.10 Å². The number of hydrogen-bond acceptors (Lipinski definition) is 8. The topological polar surface area (TPSA) is 97.4 Å². The van der Waals surface area contributed by atoms with Crippen molar-refractivity contribution in [2.75, 3.05) is 13.2 Å². The highest BCUT2D eigenvalue weighted by Gasteiger charge is 2.61. The minimum absolute atomic E-state index is 0.0569. The van der Waals surface area contributed by atoms with Gasteiger partial charge in [0.1, 0.15) is 24.4 Å². The Kier molecular flexibility index (Phi) is 4.31. The normalized spacial score (nSPS) is 38.7. The predicted molar refractivity (Wildman–Crippen MR) is 89.7 cm³/mol. The summed E-state index contributed by atoms with van der Waals surface area (Å²) in [6.45, 7) is 5.24. The van der Waals surface area contributed by atoms with Crippen LogP contribution in [0, 0.1) is 11.8 Å². The molecule has 3 unspecified atom stereocenters. The predicted octanol–water partition coefficient (Wildman–Crippen LogP) is 2.89. The summed E-state index contributed by atoms with van der Waals surface area (Å²) in [6, 6.07) is 0. The molecular weight excluding hydrogens is 356 g/mol. The molecule has 1 saturated heterocycles. The molecule has 0 spiro atoms. The maximum absolute atomic E-state index is 12.3. The minimum Gasteiger partial charge on any atom is -0.456 e. The molecule has 4 aliphatic carbocycles. The van der Waals surface area contributed by atoms with E-state index >= 15 is 0 Å². The zero-order valence-electron chi connectivity index (χ0n) is 15.4.